The molecule has 19 heavy (non-hydrogen) atoms. The molecule has 0 amide bonds. The summed E-state index contributed by atoms with van der Waals surface area (Å²) in [7, 11) is 0. The molecule has 1 atom stereocenters. The fraction of sp³-hybridized carbons (Fsp3) is 0.529. The lowest BCUT2D eigenvalue weighted by atomic mass is 9.58. The Kier molecular flexibility index (Phi) is 3.72. The molecule has 2 aliphatic carbocycles. The summed E-state index contributed by atoms with van der Waals surface area (Å²) >= 11 is 0. The maximum atomic E-state index is 5.95. The Morgan fingerprint density at radius 2 is 1.84 bits per heavy atom. The fourth-order valence-electron chi connectivity index (χ4n) is 3.82. The Labute approximate surface area is 116 Å². The van der Waals surface area contributed by atoms with Gasteiger partial charge in [0.25, 0.3) is 0 Å². The summed E-state index contributed by atoms with van der Waals surface area (Å²) in [5.41, 5.74) is 6.37. The van der Waals surface area contributed by atoms with Gasteiger partial charge in [0.1, 0.15) is 0 Å². The summed E-state index contributed by atoms with van der Waals surface area (Å²) in [5, 5.41) is 0. The van der Waals surface area contributed by atoms with Crippen LogP contribution < -0.4 is 11.3 Å². The molecule has 1 fully saturated rings. The third kappa shape index (κ3) is 2.24. The van der Waals surface area contributed by atoms with E-state index in [-0.39, 0.29) is 5.41 Å². The summed E-state index contributed by atoms with van der Waals surface area (Å²) in [6.07, 6.45) is 11.3. The molecule has 0 aromatic heterocycles. The molecule has 0 heterocycles. The van der Waals surface area contributed by atoms with Gasteiger partial charge in [-0.1, -0.05) is 48.4 Å². The first-order chi connectivity index (χ1) is 9.37. The van der Waals surface area contributed by atoms with Gasteiger partial charge >= 0.3 is 0 Å². The van der Waals surface area contributed by atoms with Gasteiger partial charge in [-0.15, -0.1) is 0 Å². The van der Waals surface area contributed by atoms with Gasteiger partial charge in [-0.3, -0.25) is 11.3 Å². The second-order valence-corrected chi connectivity index (χ2v) is 6.00. The van der Waals surface area contributed by atoms with Crippen molar-refractivity contribution >= 4 is 0 Å². The number of benzene rings is 1. The average Bonchev–Trinajstić information content (AvgIpc) is 2.44. The molecule has 1 unspecified atom stereocenters. The van der Waals surface area contributed by atoms with Crippen molar-refractivity contribution in [3.05, 3.63) is 47.5 Å². The van der Waals surface area contributed by atoms with Gasteiger partial charge in [-0.05, 0) is 44.1 Å². The summed E-state index contributed by atoms with van der Waals surface area (Å²) in [6.45, 7) is 0. The summed E-state index contributed by atoms with van der Waals surface area (Å²) < 4.78 is 0. The fourth-order valence-corrected chi connectivity index (χ4v) is 3.82. The van der Waals surface area contributed by atoms with E-state index in [0.717, 1.165) is 0 Å². The summed E-state index contributed by atoms with van der Waals surface area (Å²) in [6, 6.07) is 11.3. The van der Waals surface area contributed by atoms with E-state index in [2.05, 4.69) is 41.8 Å². The van der Waals surface area contributed by atoms with Crippen molar-refractivity contribution in [3.8, 4) is 0 Å². The van der Waals surface area contributed by atoms with Crippen LogP contribution in [0.3, 0.4) is 0 Å². The zero-order chi connectivity index (χ0) is 13.1. The molecule has 0 spiro atoms. The zero-order valence-corrected chi connectivity index (χ0v) is 11.6. The van der Waals surface area contributed by atoms with Crippen molar-refractivity contribution in [1.82, 2.24) is 5.43 Å². The van der Waals surface area contributed by atoms with Crippen molar-refractivity contribution in [3.63, 3.8) is 0 Å². The minimum Gasteiger partial charge on any atom is -0.271 e. The maximum absolute atomic E-state index is 5.95. The number of allylic oxidation sites excluding steroid dienone is 1. The van der Waals surface area contributed by atoms with E-state index in [0.29, 0.717) is 6.04 Å². The number of nitrogens with one attached hydrogen (secondary N) is 1. The minimum absolute atomic E-state index is 0.235. The van der Waals surface area contributed by atoms with Gasteiger partial charge in [-0.2, -0.15) is 0 Å². The highest BCUT2D eigenvalue weighted by molar-refractivity contribution is 5.35. The monoisotopic (exact) mass is 256 g/mol. The minimum atomic E-state index is 0.235. The van der Waals surface area contributed by atoms with Crippen LogP contribution in [0.5, 0.6) is 0 Å². The molecular formula is C17H24N2. The summed E-state index contributed by atoms with van der Waals surface area (Å²) in [5.74, 6) is 5.95. The van der Waals surface area contributed by atoms with Gasteiger partial charge in [0.15, 0.2) is 0 Å². The van der Waals surface area contributed by atoms with E-state index in [1.807, 2.05) is 0 Å². The Morgan fingerprint density at radius 1 is 1.05 bits per heavy atom. The first-order valence-electron chi connectivity index (χ1n) is 7.57. The van der Waals surface area contributed by atoms with Gasteiger partial charge < -0.3 is 0 Å². The van der Waals surface area contributed by atoms with Gasteiger partial charge in [0.2, 0.25) is 0 Å². The smallest absolute Gasteiger partial charge is 0.0516 e. The predicted octanol–water partition coefficient (Wildman–Crippen LogP) is 3.44. The average molecular weight is 256 g/mol. The van der Waals surface area contributed by atoms with Gasteiger partial charge in [-0.25, -0.2) is 0 Å². The van der Waals surface area contributed by atoms with E-state index < -0.39 is 0 Å². The molecule has 2 heteroatoms. The van der Waals surface area contributed by atoms with Crippen LogP contribution in [0.4, 0.5) is 0 Å². The molecule has 0 radical (unpaired) electrons. The van der Waals surface area contributed by atoms with Crippen LogP contribution >= 0.6 is 0 Å². The van der Waals surface area contributed by atoms with Crippen molar-refractivity contribution in [2.24, 2.45) is 5.84 Å². The second-order valence-electron chi connectivity index (χ2n) is 6.00. The Balaban J connectivity index is 1.93. The molecule has 1 aromatic carbocycles. The lowest BCUT2D eigenvalue weighted by Gasteiger charge is -2.49. The van der Waals surface area contributed by atoms with Crippen LogP contribution in [0.2, 0.25) is 0 Å². The Bertz CT molecular complexity index is 446. The zero-order valence-electron chi connectivity index (χ0n) is 11.6. The molecule has 1 aromatic rings. The van der Waals surface area contributed by atoms with Crippen LogP contribution in [0.15, 0.2) is 42.0 Å². The second kappa shape index (κ2) is 5.48. The van der Waals surface area contributed by atoms with Crippen LogP contribution in [-0.4, -0.2) is 6.04 Å². The maximum Gasteiger partial charge on any atom is 0.0516 e. The highest BCUT2D eigenvalue weighted by Gasteiger charge is 2.46. The molecule has 102 valence electrons. The standard InChI is InChI=1S/C17H24N2/c18-19-16(14-8-3-1-4-9-14)17(12-7-13-17)15-10-5-2-6-11-15/h2,5-6,8,10-11,16,19H,1,3-4,7,9,12-13,18H2. The largest absolute Gasteiger partial charge is 0.271 e. The summed E-state index contributed by atoms with van der Waals surface area (Å²) in [4.78, 5) is 0. The normalized spacial score (nSPS) is 23.3. The number of rotatable bonds is 4. The predicted molar refractivity (Wildman–Crippen MR) is 79.6 cm³/mol. The van der Waals surface area contributed by atoms with Crippen LogP contribution in [0, 0.1) is 0 Å². The van der Waals surface area contributed by atoms with Gasteiger partial charge in [0, 0.05) is 5.41 Å². The van der Waals surface area contributed by atoms with Crippen molar-refractivity contribution in [2.45, 2.75) is 56.4 Å². The topological polar surface area (TPSA) is 38.0 Å². The molecule has 0 bridgehead atoms. The van der Waals surface area contributed by atoms with Crippen molar-refractivity contribution in [1.29, 1.82) is 0 Å². The molecule has 0 aliphatic heterocycles. The quantitative estimate of drug-likeness (QED) is 0.492. The lowest BCUT2D eigenvalue weighted by Crippen LogP contribution is -2.56. The highest BCUT2D eigenvalue weighted by Crippen LogP contribution is 2.49. The molecule has 2 nitrogen and oxygen atoms in total. The molecule has 3 N–H and O–H groups in total. The number of hydrogen-bond acceptors (Lipinski definition) is 2. The molecule has 0 saturated heterocycles. The third-order valence-electron chi connectivity index (χ3n) is 5.01. The SMILES string of the molecule is NNC(C1=CCCCC1)C1(c2ccccc2)CCC1. The van der Waals surface area contributed by atoms with Crippen LogP contribution in [0.25, 0.3) is 0 Å². The lowest BCUT2D eigenvalue weighted by molar-refractivity contribution is 0.185. The number of nitrogens with two attached hydrogens (primary N) is 1. The third-order valence-corrected chi connectivity index (χ3v) is 5.01. The highest BCUT2D eigenvalue weighted by atomic mass is 15.2. The van der Waals surface area contributed by atoms with E-state index in [1.165, 1.54) is 56.1 Å². The molecule has 3 rings (SSSR count). The number of hydrazine groups is 1. The first-order valence-corrected chi connectivity index (χ1v) is 7.57. The molecular weight excluding hydrogens is 232 g/mol. The number of hydrogen-bond donors (Lipinski definition) is 2. The van der Waals surface area contributed by atoms with E-state index in [4.69, 9.17) is 5.84 Å². The first kappa shape index (κ1) is 12.9. The van der Waals surface area contributed by atoms with E-state index >= 15 is 0 Å². The van der Waals surface area contributed by atoms with Crippen molar-refractivity contribution in [2.75, 3.05) is 0 Å². The Morgan fingerprint density at radius 3 is 2.37 bits per heavy atom. The van der Waals surface area contributed by atoms with Crippen LogP contribution in [-0.2, 0) is 5.41 Å². The van der Waals surface area contributed by atoms with Gasteiger partial charge in [0.05, 0.1) is 6.04 Å². The molecule has 1 saturated carbocycles. The molecule has 2 aliphatic rings. The Hall–Kier alpha value is -1.12. The van der Waals surface area contributed by atoms with Crippen molar-refractivity contribution < 1.29 is 0 Å². The van der Waals surface area contributed by atoms with E-state index in [9.17, 15) is 0 Å². The van der Waals surface area contributed by atoms with Crippen LogP contribution in [0.1, 0.15) is 50.5 Å². The van der Waals surface area contributed by atoms with E-state index in [1.54, 1.807) is 0 Å².